The van der Waals surface area contributed by atoms with Gasteiger partial charge in [0.25, 0.3) is 0 Å². The van der Waals surface area contributed by atoms with E-state index in [1.165, 1.54) is 0 Å². The predicted molar refractivity (Wildman–Crippen MR) is 97.7 cm³/mol. The molecule has 2 heterocycles. The van der Waals surface area contributed by atoms with Gasteiger partial charge in [-0.15, -0.1) is 0 Å². The minimum absolute atomic E-state index is 0.0490. The number of oxazole rings is 1. The number of carbonyl (C=O) groups excluding carboxylic acids is 1. The molecule has 2 aromatic heterocycles. The van der Waals surface area contributed by atoms with Crippen LogP contribution in [0.1, 0.15) is 5.69 Å². The third-order valence-electron chi connectivity index (χ3n) is 3.96. The van der Waals surface area contributed by atoms with Gasteiger partial charge in [0.1, 0.15) is 5.75 Å². The summed E-state index contributed by atoms with van der Waals surface area (Å²) in [7, 11) is 1.59. The number of aromatic amines is 1. The highest BCUT2D eigenvalue weighted by atomic mass is 16.5. The number of hydrogen-bond donors (Lipinski definition) is 2. The van der Waals surface area contributed by atoms with Crippen LogP contribution in [0.2, 0.25) is 0 Å². The summed E-state index contributed by atoms with van der Waals surface area (Å²) >= 11 is 0. The molecule has 0 aliphatic heterocycles. The van der Waals surface area contributed by atoms with E-state index in [0.29, 0.717) is 34.0 Å². The molecule has 0 saturated heterocycles. The van der Waals surface area contributed by atoms with Gasteiger partial charge in [-0.1, -0.05) is 17.3 Å². The number of nitrogens with one attached hydrogen (secondary N) is 2. The van der Waals surface area contributed by atoms with Gasteiger partial charge in [0, 0.05) is 17.3 Å². The molecule has 0 fully saturated rings. The van der Waals surface area contributed by atoms with Crippen LogP contribution in [0, 0.1) is 0 Å². The molecule has 0 saturated carbocycles. The molecule has 0 atom stereocenters. The molecule has 0 radical (unpaired) electrons. The summed E-state index contributed by atoms with van der Waals surface area (Å²) in [5.41, 5.74) is 2.80. The molecule has 2 N–H and O–H groups in total. The Balaban J connectivity index is 1.46. The molecule has 4 aromatic rings. The lowest BCUT2D eigenvalue weighted by Gasteiger charge is -2.03. The Bertz CT molecular complexity index is 1170. The molecule has 8 heteroatoms. The van der Waals surface area contributed by atoms with E-state index in [0.717, 1.165) is 5.56 Å². The third kappa shape index (κ3) is 3.59. The minimum Gasteiger partial charge on any atom is -0.497 e. The first kappa shape index (κ1) is 16.6. The Hall–Kier alpha value is -3.81. The zero-order valence-corrected chi connectivity index (χ0v) is 14.3. The van der Waals surface area contributed by atoms with E-state index in [-0.39, 0.29) is 12.3 Å². The first-order valence-corrected chi connectivity index (χ1v) is 8.13. The number of ether oxygens (including phenoxy) is 1. The lowest BCUT2D eigenvalue weighted by molar-refractivity contribution is -0.115. The molecule has 0 unspecified atom stereocenters. The number of carbonyl (C=O) groups is 1. The average Bonchev–Trinajstić information content (AvgIpc) is 3.27. The monoisotopic (exact) mass is 365 g/mol. The molecule has 0 aliphatic carbocycles. The highest BCUT2D eigenvalue weighted by Gasteiger charge is 2.12. The third-order valence-corrected chi connectivity index (χ3v) is 3.96. The Labute approximate surface area is 152 Å². The van der Waals surface area contributed by atoms with Crippen LogP contribution in [0.25, 0.3) is 22.4 Å². The van der Waals surface area contributed by atoms with E-state index >= 15 is 0 Å². The minimum atomic E-state index is -0.541. The molecular weight excluding hydrogens is 350 g/mol. The van der Waals surface area contributed by atoms with E-state index in [4.69, 9.17) is 13.7 Å². The van der Waals surface area contributed by atoms with Crippen LogP contribution in [0.5, 0.6) is 5.75 Å². The lowest BCUT2D eigenvalue weighted by Crippen LogP contribution is -2.14. The van der Waals surface area contributed by atoms with Gasteiger partial charge in [-0.05, 0) is 30.3 Å². The second-order valence-electron chi connectivity index (χ2n) is 5.86. The Morgan fingerprint density at radius 1 is 1.22 bits per heavy atom. The number of fused-ring (bicyclic) bond motifs is 1. The molecule has 4 rings (SSSR count). The molecule has 27 heavy (non-hydrogen) atoms. The number of anilines is 1. The largest absolute Gasteiger partial charge is 0.497 e. The van der Waals surface area contributed by atoms with Gasteiger partial charge in [-0.25, -0.2) is 4.79 Å². The van der Waals surface area contributed by atoms with Crippen LogP contribution < -0.4 is 15.8 Å². The molecule has 0 bridgehead atoms. The lowest BCUT2D eigenvalue weighted by atomic mass is 10.1. The van der Waals surface area contributed by atoms with E-state index in [2.05, 4.69) is 15.5 Å². The van der Waals surface area contributed by atoms with Crippen molar-refractivity contribution in [1.29, 1.82) is 0 Å². The average molecular weight is 365 g/mol. The van der Waals surface area contributed by atoms with Crippen molar-refractivity contribution >= 4 is 22.7 Å². The maximum absolute atomic E-state index is 12.3. The second kappa shape index (κ2) is 6.83. The summed E-state index contributed by atoms with van der Waals surface area (Å²) < 4.78 is 15.4. The number of benzene rings is 2. The van der Waals surface area contributed by atoms with Crippen molar-refractivity contribution in [3.63, 3.8) is 0 Å². The van der Waals surface area contributed by atoms with Crippen LogP contribution in [-0.2, 0) is 11.2 Å². The predicted octanol–water partition coefficient (Wildman–Crippen LogP) is 2.97. The molecule has 0 spiro atoms. The Kier molecular flexibility index (Phi) is 4.21. The fourth-order valence-electron chi connectivity index (χ4n) is 2.71. The van der Waals surface area contributed by atoms with Crippen LogP contribution in [0.4, 0.5) is 5.69 Å². The van der Waals surface area contributed by atoms with Crippen molar-refractivity contribution in [3.05, 3.63) is 64.8 Å². The van der Waals surface area contributed by atoms with Crippen molar-refractivity contribution in [3.8, 4) is 17.1 Å². The van der Waals surface area contributed by atoms with Crippen molar-refractivity contribution in [2.45, 2.75) is 6.42 Å². The zero-order chi connectivity index (χ0) is 18.8. The van der Waals surface area contributed by atoms with Gasteiger partial charge < -0.3 is 19.0 Å². The van der Waals surface area contributed by atoms with Gasteiger partial charge in [0.15, 0.2) is 11.3 Å². The van der Waals surface area contributed by atoms with Crippen LogP contribution in [-0.4, -0.2) is 23.2 Å². The van der Waals surface area contributed by atoms with Gasteiger partial charge in [-0.2, -0.15) is 0 Å². The Morgan fingerprint density at radius 3 is 2.96 bits per heavy atom. The first-order valence-electron chi connectivity index (χ1n) is 8.13. The van der Waals surface area contributed by atoms with Gasteiger partial charge in [0.2, 0.25) is 5.91 Å². The summed E-state index contributed by atoms with van der Waals surface area (Å²) in [5.74, 6) is 0.455. The normalized spacial score (nSPS) is 10.9. The van der Waals surface area contributed by atoms with Crippen LogP contribution in [0.3, 0.4) is 0 Å². The summed E-state index contributed by atoms with van der Waals surface area (Å²) in [6.07, 6.45) is 0.0490. The molecule has 0 aliphatic rings. The number of methoxy groups -OCH3 is 1. The van der Waals surface area contributed by atoms with Crippen LogP contribution >= 0.6 is 0 Å². The highest BCUT2D eigenvalue weighted by molar-refractivity contribution is 5.93. The van der Waals surface area contributed by atoms with Gasteiger partial charge in [-0.3, -0.25) is 9.78 Å². The van der Waals surface area contributed by atoms with Crippen molar-refractivity contribution in [2.75, 3.05) is 12.4 Å². The summed E-state index contributed by atoms with van der Waals surface area (Å²) in [4.78, 5) is 26.0. The van der Waals surface area contributed by atoms with Crippen molar-refractivity contribution < 1.29 is 18.5 Å². The smallest absolute Gasteiger partial charge is 0.417 e. The quantitative estimate of drug-likeness (QED) is 0.563. The SMILES string of the molecule is COc1cccc(-c2cc(CC(=O)Nc3ccc4oc(=O)[nH]c4c3)no2)c1. The summed E-state index contributed by atoms with van der Waals surface area (Å²) in [5, 5.41) is 6.70. The number of aromatic nitrogens is 2. The number of rotatable bonds is 5. The van der Waals surface area contributed by atoms with Crippen molar-refractivity contribution in [2.24, 2.45) is 0 Å². The van der Waals surface area contributed by atoms with E-state index in [9.17, 15) is 9.59 Å². The second-order valence-corrected chi connectivity index (χ2v) is 5.86. The number of H-pyrrole nitrogens is 1. The first-order chi connectivity index (χ1) is 13.1. The summed E-state index contributed by atoms with van der Waals surface area (Å²) in [6, 6.07) is 14.0. The van der Waals surface area contributed by atoms with Gasteiger partial charge >= 0.3 is 5.76 Å². The Morgan fingerprint density at radius 2 is 2.11 bits per heavy atom. The molecular formula is C19H15N3O5. The fourth-order valence-corrected chi connectivity index (χ4v) is 2.71. The number of nitrogens with zero attached hydrogens (tertiary/aromatic N) is 1. The maximum atomic E-state index is 12.3. The number of amides is 1. The molecule has 136 valence electrons. The van der Waals surface area contributed by atoms with E-state index < -0.39 is 5.76 Å². The van der Waals surface area contributed by atoms with Crippen LogP contribution in [0.15, 0.2) is 62.3 Å². The van der Waals surface area contributed by atoms with E-state index in [1.54, 1.807) is 31.4 Å². The summed E-state index contributed by atoms with van der Waals surface area (Å²) in [6.45, 7) is 0. The molecule has 1 amide bonds. The highest BCUT2D eigenvalue weighted by Crippen LogP contribution is 2.24. The molecule has 2 aromatic carbocycles. The van der Waals surface area contributed by atoms with Gasteiger partial charge in [0.05, 0.1) is 24.7 Å². The van der Waals surface area contributed by atoms with E-state index in [1.807, 2.05) is 24.3 Å². The maximum Gasteiger partial charge on any atom is 0.417 e. The van der Waals surface area contributed by atoms with Crippen molar-refractivity contribution in [1.82, 2.24) is 10.1 Å². The number of hydrogen-bond acceptors (Lipinski definition) is 6. The standard InChI is InChI=1S/C19H15N3O5/c1-25-14-4-2-3-11(7-14)17-9-13(22-27-17)10-18(23)20-12-5-6-16-15(8-12)21-19(24)26-16/h2-9H,10H2,1H3,(H,20,23)(H,21,24). The zero-order valence-electron chi connectivity index (χ0n) is 14.3. The fraction of sp³-hybridized carbons (Fsp3) is 0.105. The molecule has 8 nitrogen and oxygen atoms in total. The topological polar surface area (TPSA) is 110 Å².